The zero-order valence-corrected chi connectivity index (χ0v) is 13.0. The second-order valence-electron chi connectivity index (χ2n) is 6.22. The zero-order valence-electron chi connectivity index (χ0n) is 13.0. The van der Waals surface area contributed by atoms with Gasteiger partial charge in [0.25, 0.3) is 0 Å². The van der Waals surface area contributed by atoms with Crippen LogP contribution >= 0.6 is 0 Å². The van der Waals surface area contributed by atoms with E-state index in [2.05, 4.69) is 54.1 Å². The summed E-state index contributed by atoms with van der Waals surface area (Å²) in [4.78, 5) is 5.11. The van der Waals surface area contributed by atoms with Gasteiger partial charge in [-0.15, -0.1) is 0 Å². The van der Waals surface area contributed by atoms with Crippen molar-refractivity contribution in [2.24, 2.45) is 11.7 Å². The van der Waals surface area contributed by atoms with Crippen molar-refractivity contribution < 1.29 is 0 Å². The van der Waals surface area contributed by atoms with Crippen molar-refractivity contribution in [1.82, 2.24) is 9.80 Å². The predicted octanol–water partition coefficient (Wildman–Crippen LogP) is 2.35. The Balaban J connectivity index is 2.01. The number of hydrogen-bond donors (Lipinski definition) is 1. The van der Waals surface area contributed by atoms with Gasteiger partial charge in [0.05, 0.1) is 0 Å². The number of hydrogen-bond acceptors (Lipinski definition) is 3. The third-order valence-corrected chi connectivity index (χ3v) is 4.33. The SMILES string of the molecule is CC(CCCN)CN1CCN(C)CC1c1ccccc1. The summed E-state index contributed by atoms with van der Waals surface area (Å²) in [7, 11) is 2.23. The number of nitrogens with zero attached hydrogens (tertiary/aromatic N) is 2. The maximum absolute atomic E-state index is 5.63. The lowest BCUT2D eigenvalue weighted by Gasteiger charge is -2.41. The maximum Gasteiger partial charge on any atom is 0.0475 e. The fourth-order valence-corrected chi connectivity index (χ4v) is 3.12. The van der Waals surface area contributed by atoms with Crippen LogP contribution in [0.2, 0.25) is 0 Å². The highest BCUT2D eigenvalue weighted by atomic mass is 15.3. The van der Waals surface area contributed by atoms with E-state index in [1.165, 1.54) is 31.6 Å². The molecule has 112 valence electrons. The van der Waals surface area contributed by atoms with Gasteiger partial charge in [-0.3, -0.25) is 4.90 Å². The summed E-state index contributed by atoms with van der Waals surface area (Å²) in [5.41, 5.74) is 7.08. The van der Waals surface area contributed by atoms with E-state index in [1.807, 2.05) is 0 Å². The lowest BCUT2D eigenvalue weighted by atomic mass is 9.99. The van der Waals surface area contributed by atoms with Crippen molar-refractivity contribution in [3.8, 4) is 0 Å². The first-order valence-electron chi connectivity index (χ1n) is 7.88. The molecule has 1 aromatic carbocycles. The molecule has 1 heterocycles. The van der Waals surface area contributed by atoms with Gasteiger partial charge in [0.15, 0.2) is 0 Å². The molecular formula is C17H29N3. The molecule has 1 aliphatic rings. The largest absolute Gasteiger partial charge is 0.330 e. The highest BCUT2D eigenvalue weighted by Gasteiger charge is 2.27. The molecule has 2 atom stereocenters. The summed E-state index contributed by atoms with van der Waals surface area (Å²) in [6.07, 6.45) is 2.38. The summed E-state index contributed by atoms with van der Waals surface area (Å²) < 4.78 is 0. The quantitative estimate of drug-likeness (QED) is 0.865. The van der Waals surface area contributed by atoms with E-state index in [4.69, 9.17) is 5.73 Å². The van der Waals surface area contributed by atoms with E-state index in [0.717, 1.165) is 25.4 Å². The van der Waals surface area contributed by atoms with Gasteiger partial charge in [0, 0.05) is 32.2 Å². The van der Waals surface area contributed by atoms with Crippen LogP contribution in [0.3, 0.4) is 0 Å². The molecule has 1 fully saturated rings. The first kappa shape index (κ1) is 15.5. The van der Waals surface area contributed by atoms with Crippen LogP contribution in [0.5, 0.6) is 0 Å². The Morgan fingerprint density at radius 3 is 2.70 bits per heavy atom. The Hall–Kier alpha value is -0.900. The molecule has 0 spiro atoms. The second kappa shape index (κ2) is 7.77. The molecule has 0 amide bonds. The Morgan fingerprint density at radius 2 is 2.00 bits per heavy atom. The molecule has 2 N–H and O–H groups in total. The van der Waals surface area contributed by atoms with Crippen LogP contribution < -0.4 is 5.73 Å². The Morgan fingerprint density at radius 1 is 1.25 bits per heavy atom. The normalized spacial score (nSPS) is 22.9. The highest BCUT2D eigenvalue weighted by molar-refractivity contribution is 5.20. The van der Waals surface area contributed by atoms with E-state index in [-0.39, 0.29) is 0 Å². The number of rotatable bonds is 6. The number of likely N-dealkylation sites (N-methyl/N-ethyl adjacent to an activating group) is 1. The third kappa shape index (κ3) is 4.30. The molecule has 1 aromatic rings. The smallest absolute Gasteiger partial charge is 0.0475 e. The highest BCUT2D eigenvalue weighted by Crippen LogP contribution is 2.26. The number of benzene rings is 1. The first-order valence-corrected chi connectivity index (χ1v) is 7.88. The van der Waals surface area contributed by atoms with Gasteiger partial charge in [-0.25, -0.2) is 0 Å². The molecule has 0 saturated carbocycles. The molecule has 20 heavy (non-hydrogen) atoms. The maximum atomic E-state index is 5.63. The van der Waals surface area contributed by atoms with Gasteiger partial charge in [-0.1, -0.05) is 37.3 Å². The lowest BCUT2D eigenvalue weighted by Crippen LogP contribution is -2.48. The standard InChI is InChI=1S/C17H29N3/c1-15(7-6-10-18)13-20-12-11-19(2)14-17(20)16-8-4-3-5-9-16/h3-5,8-9,15,17H,6-7,10-14,18H2,1-2H3. The Labute approximate surface area is 123 Å². The Kier molecular flexibility index (Phi) is 6.02. The monoisotopic (exact) mass is 275 g/mol. The summed E-state index contributed by atoms with van der Waals surface area (Å²) in [5, 5.41) is 0. The van der Waals surface area contributed by atoms with E-state index in [0.29, 0.717) is 6.04 Å². The first-order chi connectivity index (χ1) is 9.70. The van der Waals surface area contributed by atoms with Gasteiger partial charge < -0.3 is 10.6 Å². The minimum atomic E-state index is 0.537. The van der Waals surface area contributed by atoms with Gasteiger partial charge in [0.2, 0.25) is 0 Å². The molecule has 0 aromatic heterocycles. The summed E-state index contributed by atoms with van der Waals surface area (Å²) in [6, 6.07) is 11.5. The summed E-state index contributed by atoms with van der Waals surface area (Å²) >= 11 is 0. The van der Waals surface area contributed by atoms with Crippen molar-refractivity contribution in [1.29, 1.82) is 0 Å². The zero-order chi connectivity index (χ0) is 14.4. The average Bonchev–Trinajstić information content (AvgIpc) is 2.48. The van der Waals surface area contributed by atoms with Gasteiger partial charge in [-0.2, -0.15) is 0 Å². The van der Waals surface area contributed by atoms with Crippen molar-refractivity contribution in [2.45, 2.75) is 25.8 Å². The van der Waals surface area contributed by atoms with Crippen LogP contribution in [-0.2, 0) is 0 Å². The van der Waals surface area contributed by atoms with Crippen molar-refractivity contribution >= 4 is 0 Å². The molecule has 1 aliphatic heterocycles. The van der Waals surface area contributed by atoms with E-state index in [1.54, 1.807) is 0 Å². The molecule has 0 aliphatic carbocycles. The van der Waals surface area contributed by atoms with Crippen LogP contribution in [0.25, 0.3) is 0 Å². The molecule has 2 unspecified atom stereocenters. The molecule has 3 nitrogen and oxygen atoms in total. The minimum Gasteiger partial charge on any atom is -0.330 e. The van der Waals surface area contributed by atoms with Crippen LogP contribution in [0.15, 0.2) is 30.3 Å². The third-order valence-electron chi connectivity index (χ3n) is 4.33. The van der Waals surface area contributed by atoms with E-state index < -0.39 is 0 Å². The molecule has 0 bridgehead atoms. The molecule has 3 heteroatoms. The summed E-state index contributed by atoms with van der Waals surface area (Å²) in [6.45, 7) is 7.84. The van der Waals surface area contributed by atoms with E-state index in [9.17, 15) is 0 Å². The molecule has 2 rings (SSSR count). The topological polar surface area (TPSA) is 32.5 Å². The Bertz CT molecular complexity index is 379. The van der Waals surface area contributed by atoms with Crippen LogP contribution in [0, 0.1) is 5.92 Å². The van der Waals surface area contributed by atoms with Crippen LogP contribution in [0.4, 0.5) is 0 Å². The summed E-state index contributed by atoms with van der Waals surface area (Å²) in [5.74, 6) is 0.730. The molecule has 1 saturated heterocycles. The second-order valence-corrected chi connectivity index (χ2v) is 6.22. The fourth-order valence-electron chi connectivity index (χ4n) is 3.12. The van der Waals surface area contributed by atoms with E-state index >= 15 is 0 Å². The van der Waals surface area contributed by atoms with Gasteiger partial charge in [-0.05, 0) is 37.9 Å². The van der Waals surface area contributed by atoms with Gasteiger partial charge >= 0.3 is 0 Å². The molecule has 0 radical (unpaired) electrons. The minimum absolute atomic E-state index is 0.537. The molecular weight excluding hydrogens is 246 g/mol. The van der Waals surface area contributed by atoms with Crippen molar-refractivity contribution in [3.05, 3.63) is 35.9 Å². The lowest BCUT2D eigenvalue weighted by molar-refractivity contribution is 0.0758. The number of nitrogens with two attached hydrogens (primary N) is 1. The number of piperazine rings is 1. The van der Waals surface area contributed by atoms with Gasteiger partial charge in [0.1, 0.15) is 0 Å². The van der Waals surface area contributed by atoms with Crippen molar-refractivity contribution in [2.75, 3.05) is 39.8 Å². The van der Waals surface area contributed by atoms with Crippen molar-refractivity contribution in [3.63, 3.8) is 0 Å². The van der Waals surface area contributed by atoms with Crippen LogP contribution in [0.1, 0.15) is 31.4 Å². The van der Waals surface area contributed by atoms with Crippen LogP contribution in [-0.4, -0.2) is 49.6 Å². The predicted molar refractivity (Wildman–Crippen MR) is 85.7 cm³/mol. The fraction of sp³-hybridized carbons (Fsp3) is 0.647. The average molecular weight is 275 g/mol.